The number of nitrogens with one attached hydrogen (secondary N) is 1. The van der Waals surface area contributed by atoms with Gasteiger partial charge < -0.3 is 10.1 Å². The lowest BCUT2D eigenvalue weighted by Crippen LogP contribution is -2.42. The Morgan fingerprint density at radius 3 is 2.48 bits per heavy atom. The Labute approximate surface area is 154 Å². The summed E-state index contributed by atoms with van der Waals surface area (Å²) in [4.78, 5) is 2.49. The van der Waals surface area contributed by atoms with Crippen LogP contribution in [-0.4, -0.2) is 47.5 Å². The van der Waals surface area contributed by atoms with Crippen molar-refractivity contribution in [3.8, 4) is 0 Å². The molecule has 1 aromatic heterocycles. The maximum atomic E-state index is 6.07. The van der Waals surface area contributed by atoms with Crippen LogP contribution in [0.15, 0.2) is 24.3 Å². The third-order valence-corrected chi connectivity index (χ3v) is 5.29. The molecule has 0 aliphatic carbocycles. The number of morpholine rings is 1. The zero-order chi connectivity index (χ0) is 17.8. The van der Waals surface area contributed by atoms with E-state index in [1.165, 1.54) is 16.8 Å². The number of benzene rings is 1. The summed E-state index contributed by atoms with van der Waals surface area (Å²) >= 11 is 6.07. The number of aromatic nitrogens is 2. The first-order valence-corrected chi connectivity index (χ1v) is 9.21. The molecule has 1 aromatic carbocycles. The van der Waals surface area contributed by atoms with E-state index in [4.69, 9.17) is 16.3 Å². The van der Waals surface area contributed by atoms with Crippen molar-refractivity contribution in [2.75, 3.05) is 32.8 Å². The topological polar surface area (TPSA) is 42.3 Å². The van der Waals surface area contributed by atoms with Gasteiger partial charge in [-0.05, 0) is 31.5 Å². The maximum Gasteiger partial charge on any atom is 0.0641 e. The lowest BCUT2D eigenvalue weighted by atomic mass is 10.0. The van der Waals surface area contributed by atoms with Crippen LogP contribution in [0, 0.1) is 13.8 Å². The third-order valence-electron chi connectivity index (χ3n) is 5.04. The molecule has 0 bridgehead atoms. The van der Waals surface area contributed by atoms with Gasteiger partial charge in [-0.15, -0.1) is 0 Å². The highest BCUT2D eigenvalue weighted by Crippen LogP contribution is 2.23. The van der Waals surface area contributed by atoms with E-state index in [1.807, 2.05) is 23.9 Å². The van der Waals surface area contributed by atoms with Crippen LogP contribution in [0.2, 0.25) is 5.02 Å². The van der Waals surface area contributed by atoms with E-state index in [2.05, 4.69) is 41.3 Å². The standard InChI is InChI=1S/C19H27ClN4O/c1-14-18(15(2)23(3)22-14)12-21-13-19(24-8-10-25-11-9-24)16-4-6-17(20)7-5-16/h4-7,19,21H,8-13H2,1-3H3. The molecule has 0 radical (unpaired) electrons. The fraction of sp³-hybridized carbons (Fsp3) is 0.526. The van der Waals surface area contributed by atoms with E-state index in [0.717, 1.165) is 50.1 Å². The van der Waals surface area contributed by atoms with Crippen LogP contribution in [0.4, 0.5) is 0 Å². The Morgan fingerprint density at radius 2 is 1.88 bits per heavy atom. The SMILES string of the molecule is Cc1nn(C)c(C)c1CNCC(c1ccc(Cl)cc1)N1CCOCC1. The molecule has 6 heteroatoms. The molecule has 2 aromatic rings. The van der Waals surface area contributed by atoms with Gasteiger partial charge in [0.05, 0.1) is 18.9 Å². The minimum atomic E-state index is 0.318. The summed E-state index contributed by atoms with van der Waals surface area (Å²) in [5, 5.41) is 8.92. The normalized spacial score (nSPS) is 17.0. The summed E-state index contributed by atoms with van der Waals surface area (Å²) in [6.07, 6.45) is 0. The second kappa shape index (κ2) is 8.32. The molecule has 1 aliphatic rings. The van der Waals surface area contributed by atoms with Crippen molar-refractivity contribution in [3.05, 3.63) is 51.8 Å². The Kier molecular flexibility index (Phi) is 6.12. The van der Waals surface area contributed by atoms with Gasteiger partial charge in [-0.3, -0.25) is 9.58 Å². The van der Waals surface area contributed by atoms with E-state index >= 15 is 0 Å². The molecule has 2 heterocycles. The van der Waals surface area contributed by atoms with Crippen LogP contribution >= 0.6 is 11.6 Å². The Balaban J connectivity index is 1.70. The van der Waals surface area contributed by atoms with Crippen molar-refractivity contribution in [2.24, 2.45) is 7.05 Å². The highest BCUT2D eigenvalue weighted by Gasteiger charge is 2.22. The quantitative estimate of drug-likeness (QED) is 0.858. The van der Waals surface area contributed by atoms with Gasteiger partial charge in [0.2, 0.25) is 0 Å². The molecule has 0 saturated carbocycles. The summed E-state index contributed by atoms with van der Waals surface area (Å²) in [7, 11) is 2.00. The van der Waals surface area contributed by atoms with Crippen LogP contribution < -0.4 is 5.32 Å². The largest absolute Gasteiger partial charge is 0.379 e. The maximum absolute atomic E-state index is 6.07. The number of hydrogen-bond acceptors (Lipinski definition) is 4. The molecule has 1 unspecified atom stereocenters. The number of ether oxygens (including phenoxy) is 1. The van der Waals surface area contributed by atoms with Crippen molar-refractivity contribution >= 4 is 11.6 Å². The second-order valence-corrected chi connectivity index (χ2v) is 7.06. The molecule has 1 aliphatic heterocycles. The van der Waals surface area contributed by atoms with Crippen molar-refractivity contribution in [2.45, 2.75) is 26.4 Å². The molecule has 1 fully saturated rings. The zero-order valence-electron chi connectivity index (χ0n) is 15.3. The summed E-state index contributed by atoms with van der Waals surface area (Å²) in [6, 6.07) is 8.52. The highest BCUT2D eigenvalue weighted by molar-refractivity contribution is 6.30. The fourth-order valence-electron chi connectivity index (χ4n) is 3.44. The van der Waals surface area contributed by atoms with Crippen LogP contribution in [0.25, 0.3) is 0 Å². The first-order valence-electron chi connectivity index (χ1n) is 8.83. The first-order chi connectivity index (χ1) is 12.1. The predicted octanol–water partition coefficient (Wildman–Crippen LogP) is 2.85. The van der Waals surface area contributed by atoms with Crippen LogP contribution in [0.1, 0.15) is 28.6 Å². The van der Waals surface area contributed by atoms with Crippen LogP contribution in [-0.2, 0) is 18.3 Å². The molecule has 3 rings (SSSR count). The number of nitrogens with zero attached hydrogens (tertiary/aromatic N) is 3. The van der Waals surface area contributed by atoms with Gasteiger partial charge in [0, 0.05) is 55.5 Å². The zero-order valence-corrected chi connectivity index (χ0v) is 16.0. The Bertz CT molecular complexity index is 692. The molecule has 1 atom stereocenters. The lowest BCUT2D eigenvalue weighted by Gasteiger charge is -2.35. The molecule has 1 N–H and O–H groups in total. The number of hydrogen-bond donors (Lipinski definition) is 1. The molecule has 136 valence electrons. The van der Waals surface area contributed by atoms with E-state index < -0.39 is 0 Å². The number of halogens is 1. The van der Waals surface area contributed by atoms with Crippen LogP contribution in [0.5, 0.6) is 0 Å². The smallest absolute Gasteiger partial charge is 0.0641 e. The molecular weight excluding hydrogens is 336 g/mol. The van der Waals surface area contributed by atoms with Gasteiger partial charge in [-0.25, -0.2) is 0 Å². The summed E-state index contributed by atoms with van der Waals surface area (Å²) < 4.78 is 7.47. The highest BCUT2D eigenvalue weighted by atomic mass is 35.5. The second-order valence-electron chi connectivity index (χ2n) is 6.62. The summed E-state index contributed by atoms with van der Waals surface area (Å²) in [6.45, 7) is 9.42. The minimum absolute atomic E-state index is 0.318. The molecule has 25 heavy (non-hydrogen) atoms. The third kappa shape index (κ3) is 4.42. The van der Waals surface area contributed by atoms with Gasteiger partial charge in [0.25, 0.3) is 0 Å². The van der Waals surface area contributed by atoms with Crippen LogP contribution in [0.3, 0.4) is 0 Å². The van der Waals surface area contributed by atoms with Gasteiger partial charge in [-0.1, -0.05) is 23.7 Å². The monoisotopic (exact) mass is 362 g/mol. The minimum Gasteiger partial charge on any atom is -0.379 e. The number of aryl methyl sites for hydroxylation is 2. The first kappa shape index (κ1) is 18.4. The molecule has 0 amide bonds. The average Bonchev–Trinajstić information content (AvgIpc) is 2.86. The molecule has 5 nitrogen and oxygen atoms in total. The predicted molar refractivity (Wildman–Crippen MR) is 101 cm³/mol. The van der Waals surface area contributed by atoms with Crippen molar-refractivity contribution < 1.29 is 4.74 Å². The van der Waals surface area contributed by atoms with E-state index in [9.17, 15) is 0 Å². The lowest BCUT2D eigenvalue weighted by molar-refractivity contribution is 0.0161. The van der Waals surface area contributed by atoms with Gasteiger partial charge in [0.15, 0.2) is 0 Å². The fourth-order valence-corrected chi connectivity index (χ4v) is 3.57. The number of rotatable bonds is 6. The van der Waals surface area contributed by atoms with Crippen molar-refractivity contribution in [1.82, 2.24) is 20.0 Å². The Morgan fingerprint density at radius 1 is 1.20 bits per heavy atom. The Hall–Kier alpha value is -1.40. The molecule has 1 saturated heterocycles. The van der Waals surface area contributed by atoms with E-state index in [-0.39, 0.29) is 0 Å². The van der Waals surface area contributed by atoms with Crippen molar-refractivity contribution in [1.29, 1.82) is 0 Å². The van der Waals surface area contributed by atoms with E-state index in [0.29, 0.717) is 6.04 Å². The summed E-state index contributed by atoms with van der Waals surface area (Å²) in [5.74, 6) is 0. The molecule has 0 spiro atoms. The average molecular weight is 363 g/mol. The van der Waals surface area contributed by atoms with Crippen molar-refractivity contribution in [3.63, 3.8) is 0 Å². The molecular formula is C19H27ClN4O. The van der Waals surface area contributed by atoms with Gasteiger partial charge >= 0.3 is 0 Å². The van der Waals surface area contributed by atoms with Gasteiger partial charge in [0.1, 0.15) is 0 Å². The van der Waals surface area contributed by atoms with Gasteiger partial charge in [-0.2, -0.15) is 5.10 Å². The summed E-state index contributed by atoms with van der Waals surface area (Å²) in [5.41, 5.74) is 4.90. The van der Waals surface area contributed by atoms with E-state index in [1.54, 1.807) is 0 Å².